The number of hydrogen-bond acceptors (Lipinski definition) is 2. The van der Waals surface area contributed by atoms with E-state index in [2.05, 4.69) is 11.4 Å². The fourth-order valence-electron chi connectivity index (χ4n) is 2.85. The minimum absolute atomic E-state index is 0.0220. The maximum atomic E-state index is 13.5. The van der Waals surface area contributed by atoms with Crippen molar-refractivity contribution in [2.24, 2.45) is 0 Å². The Balaban J connectivity index is 1.42. The molecule has 0 aromatic heterocycles. The number of nitrogens with one attached hydrogen (secondary N) is 1. The van der Waals surface area contributed by atoms with E-state index in [-0.39, 0.29) is 11.7 Å². The fraction of sp³-hybridized carbons (Fsp3) is 0.316. The van der Waals surface area contributed by atoms with Crippen molar-refractivity contribution in [1.82, 2.24) is 5.32 Å². The molecule has 2 aromatic carbocycles. The Morgan fingerprint density at radius 3 is 2.83 bits per heavy atom. The first-order chi connectivity index (χ1) is 11.2. The van der Waals surface area contributed by atoms with Crippen LogP contribution in [0.1, 0.15) is 33.5 Å². The van der Waals surface area contributed by atoms with Crippen molar-refractivity contribution < 1.29 is 9.18 Å². The Labute approximate surface area is 140 Å². The second kappa shape index (κ2) is 7.64. The molecule has 0 saturated carbocycles. The van der Waals surface area contributed by atoms with E-state index in [0.717, 1.165) is 24.2 Å². The fourth-order valence-corrected chi connectivity index (χ4v) is 3.69. The Kier molecular flexibility index (Phi) is 5.34. The van der Waals surface area contributed by atoms with Crippen molar-refractivity contribution in [2.45, 2.75) is 25.0 Å². The van der Waals surface area contributed by atoms with E-state index in [1.165, 1.54) is 23.6 Å². The van der Waals surface area contributed by atoms with Crippen LogP contribution < -0.4 is 5.32 Å². The van der Waals surface area contributed by atoms with Gasteiger partial charge in [-0.05, 0) is 54.2 Å². The third kappa shape index (κ3) is 4.14. The summed E-state index contributed by atoms with van der Waals surface area (Å²) in [4.78, 5) is 12.2. The molecule has 2 aromatic rings. The summed E-state index contributed by atoms with van der Waals surface area (Å²) in [7, 11) is 0. The molecule has 0 spiro atoms. The van der Waals surface area contributed by atoms with Crippen molar-refractivity contribution in [1.29, 1.82) is 0 Å². The second-order valence-corrected chi connectivity index (χ2v) is 6.84. The monoisotopic (exact) mass is 329 g/mol. The lowest BCUT2D eigenvalue weighted by Gasteiger charge is -2.07. The summed E-state index contributed by atoms with van der Waals surface area (Å²) in [5.74, 6) is 1.21. The van der Waals surface area contributed by atoms with Crippen LogP contribution in [0, 0.1) is 5.82 Å². The minimum atomic E-state index is -0.165. The molecule has 0 saturated heterocycles. The summed E-state index contributed by atoms with van der Waals surface area (Å²) in [6.45, 7) is 0.592. The van der Waals surface area contributed by atoms with E-state index in [1.807, 2.05) is 18.2 Å². The number of thioether (sulfide) groups is 1. The Morgan fingerprint density at radius 2 is 1.96 bits per heavy atom. The van der Waals surface area contributed by atoms with Gasteiger partial charge in [0.2, 0.25) is 0 Å². The summed E-state index contributed by atoms with van der Waals surface area (Å²) < 4.78 is 13.5. The molecular weight excluding hydrogens is 309 g/mol. The molecular formula is C19H20FNOS. The van der Waals surface area contributed by atoms with Gasteiger partial charge >= 0.3 is 0 Å². The van der Waals surface area contributed by atoms with E-state index in [9.17, 15) is 9.18 Å². The first-order valence-electron chi connectivity index (χ1n) is 7.95. The molecule has 1 amide bonds. The van der Waals surface area contributed by atoms with E-state index >= 15 is 0 Å². The number of aryl methyl sites for hydroxylation is 2. The van der Waals surface area contributed by atoms with Crippen LogP contribution >= 0.6 is 11.8 Å². The lowest BCUT2D eigenvalue weighted by Crippen LogP contribution is -2.25. The number of amides is 1. The van der Waals surface area contributed by atoms with Gasteiger partial charge < -0.3 is 5.32 Å². The normalized spacial score (nSPS) is 12.9. The Bertz CT molecular complexity index is 702. The van der Waals surface area contributed by atoms with E-state index in [0.29, 0.717) is 17.9 Å². The first kappa shape index (κ1) is 16.1. The molecule has 0 aliphatic heterocycles. The molecule has 0 bridgehead atoms. The summed E-state index contributed by atoms with van der Waals surface area (Å²) >= 11 is 1.62. The molecule has 23 heavy (non-hydrogen) atoms. The van der Waals surface area contributed by atoms with Crippen LogP contribution in [0.5, 0.6) is 0 Å². The molecule has 120 valence electrons. The van der Waals surface area contributed by atoms with Crippen LogP contribution in [-0.2, 0) is 18.6 Å². The number of halogens is 1. The van der Waals surface area contributed by atoms with Crippen LogP contribution in [0.2, 0.25) is 0 Å². The van der Waals surface area contributed by atoms with Gasteiger partial charge in [-0.25, -0.2) is 4.39 Å². The molecule has 3 rings (SSSR count). The number of rotatable bonds is 6. The summed E-state index contributed by atoms with van der Waals surface area (Å²) in [5, 5.41) is 2.94. The smallest absolute Gasteiger partial charge is 0.251 e. The number of carbonyl (C=O) groups is 1. The molecule has 1 aliphatic carbocycles. The predicted octanol–water partition coefficient (Wildman–Crippen LogP) is 3.98. The van der Waals surface area contributed by atoms with Crippen molar-refractivity contribution in [3.05, 3.63) is 70.5 Å². The lowest BCUT2D eigenvalue weighted by atomic mass is 10.1. The number of hydrogen-bond donors (Lipinski definition) is 1. The van der Waals surface area contributed by atoms with Gasteiger partial charge in [0.1, 0.15) is 5.82 Å². The van der Waals surface area contributed by atoms with Gasteiger partial charge in [0.25, 0.3) is 5.91 Å². The van der Waals surface area contributed by atoms with Gasteiger partial charge in [-0.15, -0.1) is 0 Å². The maximum Gasteiger partial charge on any atom is 0.251 e. The van der Waals surface area contributed by atoms with Gasteiger partial charge in [-0.2, -0.15) is 11.8 Å². The molecule has 4 heteroatoms. The summed E-state index contributed by atoms with van der Waals surface area (Å²) in [5.41, 5.74) is 4.14. The summed E-state index contributed by atoms with van der Waals surface area (Å²) in [6.07, 6.45) is 3.39. The molecule has 1 N–H and O–H groups in total. The molecule has 0 radical (unpaired) electrons. The first-order valence-corrected chi connectivity index (χ1v) is 9.10. The highest BCUT2D eigenvalue weighted by molar-refractivity contribution is 7.98. The third-order valence-corrected chi connectivity index (χ3v) is 5.12. The number of carbonyl (C=O) groups excluding carboxylic acids is 1. The van der Waals surface area contributed by atoms with Crippen molar-refractivity contribution in [3.63, 3.8) is 0 Å². The highest BCUT2D eigenvalue weighted by Crippen LogP contribution is 2.22. The number of fused-ring (bicyclic) bond motifs is 1. The van der Waals surface area contributed by atoms with Gasteiger partial charge in [-0.1, -0.05) is 24.3 Å². The molecule has 0 heterocycles. The maximum absolute atomic E-state index is 13.5. The van der Waals surface area contributed by atoms with Crippen LogP contribution in [0.25, 0.3) is 0 Å². The zero-order chi connectivity index (χ0) is 16.1. The lowest BCUT2D eigenvalue weighted by molar-refractivity contribution is 0.0956. The largest absolute Gasteiger partial charge is 0.351 e. The minimum Gasteiger partial charge on any atom is -0.351 e. The molecule has 0 fully saturated rings. The third-order valence-electron chi connectivity index (χ3n) is 4.11. The van der Waals surface area contributed by atoms with E-state index < -0.39 is 0 Å². The van der Waals surface area contributed by atoms with Gasteiger partial charge in [0, 0.05) is 23.6 Å². The second-order valence-electron chi connectivity index (χ2n) is 5.74. The Morgan fingerprint density at radius 1 is 1.13 bits per heavy atom. The molecule has 0 unspecified atom stereocenters. The topological polar surface area (TPSA) is 29.1 Å². The zero-order valence-electron chi connectivity index (χ0n) is 13.0. The van der Waals surface area contributed by atoms with E-state index in [1.54, 1.807) is 23.9 Å². The van der Waals surface area contributed by atoms with Crippen molar-refractivity contribution in [3.8, 4) is 0 Å². The highest BCUT2D eigenvalue weighted by Gasteiger charge is 2.13. The quantitative estimate of drug-likeness (QED) is 0.812. The van der Waals surface area contributed by atoms with E-state index in [4.69, 9.17) is 0 Å². The van der Waals surface area contributed by atoms with Crippen molar-refractivity contribution >= 4 is 17.7 Å². The van der Waals surface area contributed by atoms with Gasteiger partial charge in [0.15, 0.2) is 0 Å². The zero-order valence-corrected chi connectivity index (χ0v) is 13.8. The van der Waals surface area contributed by atoms with Gasteiger partial charge in [-0.3, -0.25) is 4.79 Å². The van der Waals surface area contributed by atoms with Crippen LogP contribution in [0.15, 0.2) is 42.5 Å². The summed E-state index contributed by atoms with van der Waals surface area (Å²) in [6, 6.07) is 12.8. The standard InChI is InChI=1S/C19H20FNOS/c20-18-7-2-1-4-17(18)13-23-11-10-21-19(22)16-9-8-14-5-3-6-15(14)12-16/h1-2,4,7-9,12H,3,5-6,10-11,13H2,(H,21,22). The number of benzene rings is 2. The highest BCUT2D eigenvalue weighted by atomic mass is 32.2. The van der Waals surface area contributed by atoms with Crippen LogP contribution in [0.4, 0.5) is 4.39 Å². The van der Waals surface area contributed by atoms with Crippen molar-refractivity contribution in [2.75, 3.05) is 12.3 Å². The molecule has 0 atom stereocenters. The van der Waals surface area contributed by atoms with Crippen LogP contribution in [-0.4, -0.2) is 18.2 Å². The molecule has 1 aliphatic rings. The average molecular weight is 329 g/mol. The molecule has 2 nitrogen and oxygen atoms in total. The predicted molar refractivity (Wildman–Crippen MR) is 93.4 cm³/mol. The van der Waals surface area contributed by atoms with Crippen LogP contribution in [0.3, 0.4) is 0 Å². The van der Waals surface area contributed by atoms with Gasteiger partial charge in [0.05, 0.1) is 0 Å². The average Bonchev–Trinajstić information content (AvgIpc) is 3.03. The Hall–Kier alpha value is -1.81. The SMILES string of the molecule is O=C(NCCSCc1ccccc1F)c1ccc2c(c1)CCC2.